The van der Waals surface area contributed by atoms with Crippen molar-refractivity contribution < 1.29 is 4.84 Å². The number of aryl methyl sites for hydroxylation is 1. The smallest absolute Gasteiger partial charge is 0.113 e. The van der Waals surface area contributed by atoms with Crippen LogP contribution >= 0.6 is 0 Å². The molecule has 0 amide bonds. The fourth-order valence-corrected chi connectivity index (χ4v) is 3.29. The number of hydroxylamine groups is 1. The average molecular weight is 315 g/mol. The van der Waals surface area contributed by atoms with Crippen molar-refractivity contribution >= 4 is 5.69 Å². The second-order valence-electron chi connectivity index (χ2n) is 6.33. The summed E-state index contributed by atoms with van der Waals surface area (Å²) in [6.07, 6.45) is 1.03. The molecule has 0 radical (unpaired) electrons. The largest absolute Gasteiger partial charge is 0.265 e. The van der Waals surface area contributed by atoms with E-state index in [2.05, 4.69) is 84.8 Å². The molecule has 1 saturated heterocycles. The average Bonchev–Trinajstić information content (AvgIpc) is 3.09. The Labute approximate surface area is 143 Å². The van der Waals surface area contributed by atoms with Crippen LogP contribution in [0.2, 0.25) is 0 Å². The molecule has 2 atom stereocenters. The predicted octanol–water partition coefficient (Wildman–Crippen LogP) is 5.62. The van der Waals surface area contributed by atoms with Crippen molar-refractivity contribution in [3.05, 3.63) is 102 Å². The standard InChI is InChI=1S/C22H21NO/c1-17-12-14-18(15-13-17)21-16-22(19-8-4-2-5-9-19)24-23(21)20-10-6-3-7-11-20/h2-15,21-22H,16H2,1H3. The molecule has 4 rings (SSSR count). The third-order valence-corrected chi connectivity index (χ3v) is 4.61. The summed E-state index contributed by atoms with van der Waals surface area (Å²) >= 11 is 0. The van der Waals surface area contributed by atoms with E-state index in [1.54, 1.807) is 0 Å². The number of hydrogen-bond donors (Lipinski definition) is 0. The van der Waals surface area contributed by atoms with Gasteiger partial charge in [0.05, 0.1) is 11.7 Å². The second kappa shape index (κ2) is 6.50. The lowest BCUT2D eigenvalue weighted by molar-refractivity contribution is 0.0836. The summed E-state index contributed by atoms with van der Waals surface area (Å²) in [5.41, 5.74) is 4.90. The number of anilines is 1. The fourth-order valence-electron chi connectivity index (χ4n) is 3.29. The molecule has 2 unspecified atom stereocenters. The Morgan fingerprint density at radius 3 is 2.04 bits per heavy atom. The summed E-state index contributed by atoms with van der Waals surface area (Å²) < 4.78 is 0. The van der Waals surface area contributed by atoms with Crippen molar-refractivity contribution in [1.29, 1.82) is 0 Å². The van der Waals surface area contributed by atoms with Crippen molar-refractivity contribution in [3.63, 3.8) is 0 Å². The molecule has 3 aromatic rings. The molecule has 1 aliphatic rings. The van der Waals surface area contributed by atoms with Crippen LogP contribution in [-0.4, -0.2) is 0 Å². The van der Waals surface area contributed by atoms with Gasteiger partial charge >= 0.3 is 0 Å². The lowest BCUT2D eigenvalue weighted by Crippen LogP contribution is -2.21. The van der Waals surface area contributed by atoms with E-state index in [9.17, 15) is 0 Å². The van der Waals surface area contributed by atoms with E-state index in [-0.39, 0.29) is 12.1 Å². The Bertz CT molecular complexity index is 783. The van der Waals surface area contributed by atoms with Crippen LogP contribution in [0.25, 0.3) is 0 Å². The lowest BCUT2D eigenvalue weighted by atomic mass is 9.97. The number of para-hydroxylation sites is 1. The first-order valence-electron chi connectivity index (χ1n) is 8.44. The molecule has 1 fully saturated rings. The first-order valence-corrected chi connectivity index (χ1v) is 8.44. The first kappa shape index (κ1) is 15.0. The molecule has 0 bridgehead atoms. The fraction of sp³-hybridized carbons (Fsp3) is 0.182. The molecular weight excluding hydrogens is 294 g/mol. The maximum atomic E-state index is 6.36. The monoisotopic (exact) mass is 315 g/mol. The van der Waals surface area contributed by atoms with Crippen LogP contribution in [0.4, 0.5) is 5.69 Å². The van der Waals surface area contributed by atoms with E-state index in [0.29, 0.717) is 0 Å². The first-order chi connectivity index (χ1) is 11.8. The van der Waals surface area contributed by atoms with Gasteiger partial charge in [0.15, 0.2) is 0 Å². The third kappa shape index (κ3) is 2.93. The Kier molecular flexibility index (Phi) is 4.06. The highest BCUT2D eigenvalue weighted by molar-refractivity contribution is 5.47. The molecule has 120 valence electrons. The zero-order valence-electron chi connectivity index (χ0n) is 13.8. The van der Waals surface area contributed by atoms with Crippen molar-refractivity contribution in [3.8, 4) is 0 Å². The van der Waals surface area contributed by atoms with E-state index in [1.807, 2.05) is 12.1 Å². The van der Waals surface area contributed by atoms with Crippen molar-refractivity contribution in [2.24, 2.45) is 0 Å². The Morgan fingerprint density at radius 2 is 1.38 bits per heavy atom. The molecule has 1 heterocycles. The van der Waals surface area contributed by atoms with Crippen LogP contribution in [0, 0.1) is 6.92 Å². The number of nitrogens with zero attached hydrogens (tertiary/aromatic N) is 1. The summed E-state index contributed by atoms with van der Waals surface area (Å²) in [7, 11) is 0. The molecular formula is C22H21NO. The van der Waals surface area contributed by atoms with Crippen molar-refractivity contribution in [2.75, 3.05) is 5.06 Å². The van der Waals surface area contributed by atoms with Crippen LogP contribution in [0.3, 0.4) is 0 Å². The molecule has 0 saturated carbocycles. The van der Waals surface area contributed by atoms with E-state index in [4.69, 9.17) is 4.84 Å². The van der Waals surface area contributed by atoms with Gasteiger partial charge < -0.3 is 0 Å². The minimum absolute atomic E-state index is 0.0812. The van der Waals surface area contributed by atoms with Gasteiger partial charge in [0.25, 0.3) is 0 Å². The van der Waals surface area contributed by atoms with Gasteiger partial charge in [-0.3, -0.25) is 4.84 Å². The van der Waals surface area contributed by atoms with Gasteiger partial charge in [-0.15, -0.1) is 0 Å². The Morgan fingerprint density at radius 1 is 0.750 bits per heavy atom. The summed E-state index contributed by atoms with van der Waals surface area (Å²) in [6.45, 7) is 2.12. The van der Waals surface area contributed by atoms with Gasteiger partial charge in [0.2, 0.25) is 0 Å². The van der Waals surface area contributed by atoms with Gasteiger partial charge in [-0.2, -0.15) is 0 Å². The predicted molar refractivity (Wildman–Crippen MR) is 97.7 cm³/mol. The van der Waals surface area contributed by atoms with Gasteiger partial charge in [-0.1, -0.05) is 78.4 Å². The maximum Gasteiger partial charge on any atom is 0.113 e. The quantitative estimate of drug-likeness (QED) is 0.622. The van der Waals surface area contributed by atoms with Crippen LogP contribution in [-0.2, 0) is 4.84 Å². The maximum absolute atomic E-state index is 6.36. The summed E-state index contributed by atoms with van der Waals surface area (Å²) in [4.78, 5) is 6.36. The number of hydrogen-bond acceptors (Lipinski definition) is 2. The zero-order chi connectivity index (χ0) is 16.4. The molecule has 0 aromatic heterocycles. The molecule has 3 aromatic carbocycles. The highest BCUT2D eigenvalue weighted by Gasteiger charge is 2.35. The third-order valence-electron chi connectivity index (χ3n) is 4.61. The van der Waals surface area contributed by atoms with Crippen molar-refractivity contribution in [1.82, 2.24) is 0 Å². The molecule has 0 aliphatic carbocycles. The topological polar surface area (TPSA) is 12.5 Å². The van der Waals surface area contributed by atoms with Crippen LogP contribution in [0.1, 0.15) is 35.3 Å². The SMILES string of the molecule is Cc1ccc(C2CC(c3ccccc3)ON2c2ccccc2)cc1. The van der Waals surface area contributed by atoms with Crippen LogP contribution in [0.15, 0.2) is 84.9 Å². The van der Waals surface area contributed by atoms with Gasteiger partial charge in [-0.25, -0.2) is 5.06 Å². The summed E-state index contributed by atoms with van der Waals surface area (Å²) in [5, 5.41) is 2.07. The summed E-state index contributed by atoms with van der Waals surface area (Å²) in [6, 6.07) is 29.8. The van der Waals surface area contributed by atoms with Crippen LogP contribution in [0.5, 0.6) is 0 Å². The van der Waals surface area contributed by atoms with E-state index < -0.39 is 0 Å². The minimum Gasteiger partial charge on any atom is -0.265 e. The summed E-state index contributed by atoms with van der Waals surface area (Å²) in [5.74, 6) is 0. The van der Waals surface area contributed by atoms with Crippen molar-refractivity contribution in [2.45, 2.75) is 25.5 Å². The van der Waals surface area contributed by atoms with E-state index in [0.717, 1.165) is 12.1 Å². The molecule has 1 aliphatic heterocycles. The highest BCUT2D eigenvalue weighted by Crippen LogP contribution is 2.44. The molecule has 2 nitrogen and oxygen atoms in total. The Hall–Kier alpha value is -2.58. The molecule has 0 N–H and O–H groups in total. The molecule has 2 heteroatoms. The zero-order valence-corrected chi connectivity index (χ0v) is 13.8. The van der Waals surface area contributed by atoms with Gasteiger partial charge in [-0.05, 0) is 30.2 Å². The normalized spacial score (nSPS) is 20.3. The lowest BCUT2D eigenvalue weighted by Gasteiger charge is -2.25. The number of benzene rings is 3. The molecule has 0 spiro atoms. The molecule has 24 heavy (non-hydrogen) atoms. The highest BCUT2D eigenvalue weighted by atomic mass is 16.7. The van der Waals surface area contributed by atoms with E-state index >= 15 is 0 Å². The van der Waals surface area contributed by atoms with E-state index in [1.165, 1.54) is 16.7 Å². The van der Waals surface area contributed by atoms with Gasteiger partial charge in [0, 0.05) is 6.42 Å². The number of rotatable bonds is 3. The Balaban J connectivity index is 1.69. The minimum atomic E-state index is 0.0812. The van der Waals surface area contributed by atoms with Gasteiger partial charge in [0.1, 0.15) is 6.10 Å². The van der Waals surface area contributed by atoms with Crippen LogP contribution < -0.4 is 5.06 Å². The second-order valence-corrected chi connectivity index (χ2v) is 6.33.